The molecule has 37 heavy (non-hydrogen) atoms. The van der Waals surface area contributed by atoms with E-state index in [4.69, 9.17) is 17.3 Å². The summed E-state index contributed by atoms with van der Waals surface area (Å²) in [6, 6.07) is 11.0. The zero-order valence-electron chi connectivity index (χ0n) is 21.2. The van der Waals surface area contributed by atoms with Crippen LogP contribution >= 0.6 is 11.6 Å². The number of hydrogen-bond donors (Lipinski definition) is 5. The van der Waals surface area contributed by atoms with E-state index < -0.39 is 41.8 Å². The minimum absolute atomic E-state index is 0.127. The Labute approximate surface area is 221 Å². The van der Waals surface area contributed by atoms with E-state index in [1.807, 2.05) is 0 Å². The van der Waals surface area contributed by atoms with Crippen LogP contribution in [0.3, 0.4) is 0 Å². The van der Waals surface area contributed by atoms with Crippen molar-refractivity contribution in [3.05, 3.63) is 64.7 Å². The molecule has 2 aromatic rings. The van der Waals surface area contributed by atoms with Gasteiger partial charge in [0.05, 0.1) is 12.6 Å². The number of amides is 4. The second-order valence-corrected chi connectivity index (χ2v) is 9.03. The molecule has 0 fully saturated rings. The van der Waals surface area contributed by atoms with Crippen LogP contribution in [0.2, 0.25) is 5.02 Å². The van der Waals surface area contributed by atoms with Gasteiger partial charge in [-0.15, -0.1) is 0 Å². The van der Waals surface area contributed by atoms with Crippen LogP contribution in [0.5, 0.6) is 5.75 Å². The number of hydrogen-bond acceptors (Lipinski definition) is 6. The lowest BCUT2D eigenvalue weighted by molar-refractivity contribution is -0.139. The summed E-state index contributed by atoms with van der Waals surface area (Å²) in [4.78, 5) is 51.6. The zero-order chi connectivity index (χ0) is 27.5. The van der Waals surface area contributed by atoms with E-state index in [0.717, 1.165) is 11.1 Å². The Hall–Kier alpha value is -3.63. The Morgan fingerprint density at radius 3 is 2.27 bits per heavy atom. The molecule has 3 atom stereocenters. The number of aromatic hydroxyl groups is 1. The van der Waals surface area contributed by atoms with E-state index in [-0.39, 0.29) is 25.3 Å². The van der Waals surface area contributed by atoms with Crippen molar-refractivity contribution in [3.8, 4) is 5.75 Å². The highest BCUT2D eigenvalue weighted by atomic mass is 35.5. The van der Waals surface area contributed by atoms with E-state index in [2.05, 4.69) is 16.0 Å². The summed E-state index contributed by atoms with van der Waals surface area (Å²) in [5, 5.41) is 18.0. The van der Waals surface area contributed by atoms with Crippen LogP contribution in [0.15, 0.2) is 48.5 Å². The Balaban J connectivity index is 1.94. The van der Waals surface area contributed by atoms with Crippen LogP contribution in [-0.4, -0.2) is 71.9 Å². The monoisotopic (exact) mass is 531 g/mol. The summed E-state index contributed by atoms with van der Waals surface area (Å²) in [5.41, 5.74) is 7.16. The molecule has 0 heterocycles. The van der Waals surface area contributed by atoms with Crippen LogP contribution in [0.25, 0.3) is 0 Å². The van der Waals surface area contributed by atoms with E-state index in [9.17, 15) is 24.3 Å². The standard InChI is InChI=1S/C26H34ClN5O5/c1-4-32(22(24(28)35)14-18-6-5-7-19(27)12-18)23(34)15-30-25(36)16(2)31-26(37)21(29-3)13-17-8-10-20(33)11-9-17/h5-12,16,21-22,29,33H,4,13-15H2,1-3H3,(H2,28,35)(H,30,36)(H,31,37)/t16-,21+,22+/m1/s1. The minimum atomic E-state index is -0.915. The number of rotatable bonds is 13. The smallest absolute Gasteiger partial charge is 0.242 e. The van der Waals surface area contributed by atoms with Gasteiger partial charge in [-0.1, -0.05) is 35.9 Å². The number of nitrogens with two attached hydrogens (primary N) is 1. The van der Waals surface area contributed by atoms with E-state index >= 15 is 0 Å². The first kappa shape index (κ1) is 29.6. The summed E-state index contributed by atoms with van der Waals surface area (Å²) in [7, 11) is 1.63. The number of nitrogens with one attached hydrogen (secondary N) is 3. The lowest BCUT2D eigenvalue weighted by atomic mass is 10.0. The highest BCUT2D eigenvalue weighted by molar-refractivity contribution is 6.30. The fourth-order valence-electron chi connectivity index (χ4n) is 3.81. The molecule has 0 unspecified atom stereocenters. The molecule has 0 aliphatic rings. The Kier molecular flexibility index (Phi) is 11.4. The van der Waals surface area contributed by atoms with Gasteiger partial charge in [-0.05, 0) is 62.7 Å². The van der Waals surface area contributed by atoms with Crippen LogP contribution in [-0.2, 0) is 32.0 Å². The van der Waals surface area contributed by atoms with E-state index in [1.165, 1.54) is 24.0 Å². The lowest BCUT2D eigenvalue weighted by Crippen LogP contribution is -2.54. The largest absolute Gasteiger partial charge is 0.508 e. The van der Waals surface area contributed by atoms with Gasteiger partial charge in [-0.2, -0.15) is 0 Å². The van der Waals surface area contributed by atoms with Crippen molar-refractivity contribution in [2.24, 2.45) is 5.73 Å². The van der Waals surface area contributed by atoms with Gasteiger partial charge in [-0.25, -0.2) is 0 Å². The normalized spacial score (nSPS) is 13.2. The quantitative estimate of drug-likeness (QED) is 0.257. The maximum absolute atomic E-state index is 12.9. The molecule has 0 saturated carbocycles. The first-order valence-electron chi connectivity index (χ1n) is 11.9. The predicted octanol–water partition coefficient (Wildman–Crippen LogP) is 0.742. The van der Waals surface area contributed by atoms with Gasteiger partial charge in [0.25, 0.3) is 0 Å². The maximum atomic E-state index is 12.9. The van der Waals surface area contributed by atoms with Crippen molar-refractivity contribution in [3.63, 3.8) is 0 Å². The molecule has 0 aliphatic carbocycles. The van der Waals surface area contributed by atoms with Crippen molar-refractivity contribution in [1.82, 2.24) is 20.9 Å². The molecule has 0 bridgehead atoms. The van der Waals surface area contributed by atoms with Crippen molar-refractivity contribution in [1.29, 1.82) is 0 Å². The van der Waals surface area contributed by atoms with Crippen molar-refractivity contribution in [2.45, 2.75) is 44.8 Å². The van der Waals surface area contributed by atoms with Gasteiger partial charge >= 0.3 is 0 Å². The van der Waals surface area contributed by atoms with Gasteiger partial charge < -0.3 is 31.7 Å². The number of nitrogens with zero attached hydrogens (tertiary/aromatic N) is 1. The average molecular weight is 532 g/mol. The second kappa shape index (κ2) is 14.2. The number of halogens is 1. The molecule has 2 rings (SSSR count). The predicted molar refractivity (Wildman–Crippen MR) is 141 cm³/mol. The van der Waals surface area contributed by atoms with Crippen molar-refractivity contribution >= 4 is 35.2 Å². The number of benzene rings is 2. The van der Waals surface area contributed by atoms with E-state index in [0.29, 0.717) is 11.4 Å². The topological polar surface area (TPSA) is 154 Å². The SMILES string of the molecule is CCN(C(=O)CNC(=O)[C@@H](C)NC(=O)[C@H](Cc1ccc(O)cc1)NC)[C@@H](Cc1cccc(Cl)c1)C(N)=O. The molecule has 10 nitrogen and oxygen atoms in total. The van der Waals surface area contributed by atoms with Gasteiger partial charge in [-0.3, -0.25) is 19.2 Å². The third-order valence-electron chi connectivity index (χ3n) is 5.89. The highest BCUT2D eigenvalue weighted by Crippen LogP contribution is 2.15. The Morgan fingerprint density at radius 1 is 1.03 bits per heavy atom. The van der Waals surface area contributed by atoms with E-state index in [1.54, 1.807) is 50.4 Å². The maximum Gasteiger partial charge on any atom is 0.242 e. The summed E-state index contributed by atoms with van der Waals surface area (Å²) in [5.74, 6) is -1.98. The third-order valence-corrected chi connectivity index (χ3v) is 6.13. The molecule has 0 aromatic heterocycles. The molecule has 0 aliphatic heterocycles. The number of likely N-dealkylation sites (N-methyl/N-ethyl adjacent to an activating group) is 2. The fourth-order valence-corrected chi connectivity index (χ4v) is 4.03. The van der Waals surface area contributed by atoms with Gasteiger partial charge in [0.15, 0.2) is 0 Å². The first-order chi connectivity index (χ1) is 17.5. The minimum Gasteiger partial charge on any atom is -0.508 e. The number of primary amides is 1. The number of carbonyl (C=O) groups excluding carboxylic acids is 4. The Bertz CT molecular complexity index is 1100. The number of phenols is 1. The zero-order valence-corrected chi connectivity index (χ0v) is 21.9. The summed E-state index contributed by atoms with van der Waals surface area (Å²) < 4.78 is 0. The molecule has 11 heteroatoms. The lowest BCUT2D eigenvalue weighted by Gasteiger charge is -2.29. The summed E-state index contributed by atoms with van der Waals surface area (Å²) >= 11 is 6.02. The molecule has 0 saturated heterocycles. The molecule has 6 N–H and O–H groups in total. The fraction of sp³-hybridized carbons (Fsp3) is 0.385. The third kappa shape index (κ3) is 9.07. The molecule has 200 valence electrons. The average Bonchev–Trinajstić information content (AvgIpc) is 2.86. The molecule has 0 spiro atoms. The van der Waals surface area contributed by atoms with Crippen LogP contribution < -0.4 is 21.7 Å². The first-order valence-corrected chi connectivity index (χ1v) is 12.3. The van der Waals surface area contributed by atoms with Gasteiger partial charge in [0, 0.05) is 18.0 Å². The molecular weight excluding hydrogens is 498 g/mol. The van der Waals surface area contributed by atoms with Crippen LogP contribution in [0.1, 0.15) is 25.0 Å². The Morgan fingerprint density at radius 2 is 1.70 bits per heavy atom. The van der Waals surface area contributed by atoms with Gasteiger partial charge in [0.2, 0.25) is 23.6 Å². The second-order valence-electron chi connectivity index (χ2n) is 8.59. The summed E-state index contributed by atoms with van der Waals surface area (Å²) in [6.45, 7) is 3.06. The van der Waals surface area contributed by atoms with Crippen LogP contribution in [0, 0.1) is 0 Å². The number of phenolic OH excluding ortho intramolecular Hbond substituents is 1. The molecule has 2 aromatic carbocycles. The number of carbonyl (C=O) groups is 4. The highest BCUT2D eigenvalue weighted by Gasteiger charge is 2.28. The summed E-state index contributed by atoms with van der Waals surface area (Å²) in [6.07, 6.45) is 0.532. The van der Waals surface area contributed by atoms with Gasteiger partial charge in [0.1, 0.15) is 17.8 Å². The molecular formula is C26H34ClN5O5. The van der Waals surface area contributed by atoms with Crippen molar-refractivity contribution in [2.75, 3.05) is 20.1 Å². The van der Waals surface area contributed by atoms with Crippen molar-refractivity contribution < 1.29 is 24.3 Å². The van der Waals surface area contributed by atoms with Crippen LogP contribution in [0.4, 0.5) is 0 Å². The molecule has 4 amide bonds. The molecule has 0 radical (unpaired) electrons.